The number of para-hydroxylation sites is 2. The fraction of sp³-hybridized carbons (Fsp3) is 0.147. The maximum atomic E-state index is 14.8. The summed E-state index contributed by atoms with van der Waals surface area (Å²) in [5.74, 6) is -2.00. The molecule has 1 amide bonds. The molecule has 3 aliphatic rings. The normalized spacial score (nSPS) is 23.9. The maximum absolute atomic E-state index is 14.8. The molecule has 4 atom stereocenters. The first-order valence-electron chi connectivity index (χ1n) is 13.4. The topological polar surface area (TPSA) is 66.5 Å². The van der Waals surface area contributed by atoms with Crippen LogP contribution in [-0.4, -0.2) is 29.6 Å². The monoisotopic (exact) mass is 578 g/mol. The summed E-state index contributed by atoms with van der Waals surface area (Å²) < 4.78 is 0. The fourth-order valence-corrected chi connectivity index (χ4v) is 7.36. The van der Waals surface area contributed by atoms with E-state index in [1.165, 1.54) is 0 Å². The molecule has 7 rings (SSSR count). The number of hydrogen-bond donors (Lipinski definition) is 1. The Morgan fingerprint density at radius 2 is 1.51 bits per heavy atom. The Morgan fingerprint density at radius 3 is 2.29 bits per heavy atom. The Labute approximate surface area is 247 Å². The highest BCUT2D eigenvalue weighted by atomic mass is 35.5. The lowest BCUT2D eigenvalue weighted by atomic mass is 9.64. The van der Waals surface area contributed by atoms with Gasteiger partial charge in [-0.15, -0.1) is 0 Å². The summed E-state index contributed by atoms with van der Waals surface area (Å²) in [6, 6.07) is 27.1. The molecule has 3 heterocycles. The molecule has 1 spiro atoms. The van der Waals surface area contributed by atoms with Crippen LogP contribution in [0.5, 0.6) is 0 Å². The van der Waals surface area contributed by atoms with Gasteiger partial charge in [0.2, 0.25) is 5.91 Å². The molecule has 0 saturated carbocycles. The van der Waals surface area contributed by atoms with Gasteiger partial charge in [-0.25, -0.2) is 0 Å². The zero-order chi connectivity index (χ0) is 28.5. The first-order valence-corrected chi connectivity index (χ1v) is 14.1. The predicted molar refractivity (Wildman–Crippen MR) is 162 cm³/mol. The first kappa shape index (κ1) is 25.8. The van der Waals surface area contributed by atoms with Gasteiger partial charge >= 0.3 is 0 Å². The van der Waals surface area contributed by atoms with E-state index in [0.29, 0.717) is 32.4 Å². The van der Waals surface area contributed by atoms with Gasteiger partial charge in [-0.1, -0.05) is 77.8 Å². The second kappa shape index (κ2) is 9.44. The number of benzene rings is 4. The van der Waals surface area contributed by atoms with Crippen LogP contribution in [0.1, 0.15) is 38.8 Å². The molecule has 4 aromatic rings. The van der Waals surface area contributed by atoms with E-state index in [2.05, 4.69) is 5.32 Å². The highest BCUT2D eigenvalue weighted by molar-refractivity contribution is 6.34. The molecule has 1 fully saturated rings. The summed E-state index contributed by atoms with van der Waals surface area (Å²) >= 11 is 12.8. The Hall–Kier alpha value is -4.19. The number of Topliss-reactive ketones (excluding diaryl/α,β-unsaturated/α-hetero) is 2. The van der Waals surface area contributed by atoms with Crippen LogP contribution >= 0.6 is 23.2 Å². The van der Waals surface area contributed by atoms with Crippen molar-refractivity contribution in [3.05, 3.63) is 135 Å². The smallest absolute Gasteiger partial charge is 0.238 e. The second-order valence-corrected chi connectivity index (χ2v) is 11.6. The Balaban J connectivity index is 1.57. The predicted octanol–water partition coefficient (Wildman–Crippen LogP) is 7.24. The van der Waals surface area contributed by atoms with E-state index in [1.54, 1.807) is 48.5 Å². The molecule has 0 unspecified atom stereocenters. The zero-order valence-corrected chi connectivity index (χ0v) is 23.5. The number of rotatable bonds is 4. The summed E-state index contributed by atoms with van der Waals surface area (Å²) in [4.78, 5) is 45.9. The zero-order valence-electron chi connectivity index (χ0n) is 22.0. The van der Waals surface area contributed by atoms with E-state index >= 15 is 0 Å². The summed E-state index contributed by atoms with van der Waals surface area (Å²) in [5.41, 5.74) is 3.35. The van der Waals surface area contributed by atoms with Gasteiger partial charge in [-0.05, 0) is 66.6 Å². The highest BCUT2D eigenvalue weighted by Gasteiger charge is 2.70. The average molecular weight is 579 g/mol. The van der Waals surface area contributed by atoms with E-state index in [0.717, 1.165) is 16.8 Å². The molecular weight excluding hydrogens is 555 g/mol. The molecule has 0 bridgehead atoms. The lowest BCUT2D eigenvalue weighted by Crippen LogP contribution is -2.51. The third-order valence-electron chi connectivity index (χ3n) is 8.70. The summed E-state index contributed by atoms with van der Waals surface area (Å²) in [7, 11) is 0. The van der Waals surface area contributed by atoms with Gasteiger partial charge in [-0.3, -0.25) is 14.4 Å². The Kier molecular flexibility index (Phi) is 5.93. The molecule has 4 aromatic carbocycles. The number of amides is 1. The van der Waals surface area contributed by atoms with Crippen LogP contribution in [-0.2, 0) is 10.2 Å². The van der Waals surface area contributed by atoms with Gasteiger partial charge in [0, 0.05) is 33.1 Å². The van der Waals surface area contributed by atoms with Crippen molar-refractivity contribution in [1.82, 2.24) is 0 Å². The number of anilines is 2. The number of carbonyl (C=O) groups excluding carboxylic acids is 3. The number of halogens is 2. The average Bonchev–Trinajstić information content (AvgIpc) is 3.45. The minimum Gasteiger partial charge on any atom is -0.352 e. The summed E-state index contributed by atoms with van der Waals surface area (Å²) in [6.07, 6.45) is 2.03. The SMILES string of the molecule is CC1=C[C@@H]2N(c3ccccc31)[C@H](C(=O)c1ccccc1Cl)[C@@H](C(=O)c1ccc(Cl)cc1)[C@@]21C(=O)Nc2ccccc21. The molecule has 3 aliphatic heterocycles. The molecule has 1 saturated heterocycles. The number of carbonyl (C=O) groups is 3. The molecule has 1 N–H and O–H groups in total. The van der Waals surface area contributed by atoms with E-state index in [1.807, 2.05) is 66.4 Å². The first-order chi connectivity index (χ1) is 19.8. The van der Waals surface area contributed by atoms with Crippen LogP contribution in [0.2, 0.25) is 10.0 Å². The van der Waals surface area contributed by atoms with Gasteiger partial charge in [-0.2, -0.15) is 0 Å². The van der Waals surface area contributed by atoms with E-state index < -0.39 is 23.4 Å². The lowest BCUT2D eigenvalue weighted by Gasteiger charge is -2.39. The van der Waals surface area contributed by atoms with Gasteiger partial charge in [0.05, 0.1) is 17.0 Å². The van der Waals surface area contributed by atoms with Crippen molar-refractivity contribution in [1.29, 1.82) is 0 Å². The second-order valence-electron chi connectivity index (χ2n) is 10.7. The van der Waals surface area contributed by atoms with Crippen molar-refractivity contribution in [3.8, 4) is 0 Å². The van der Waals surface area contributed by atoms with Crippen molar-refractivity contribution in [3.63, 3.8) is 0 Å². The minimum atomic E-state index is -1.39. The van der Waals surface area contributed by atoms with Crippen molar-refractivity contribution in [2.24, 2.45) is 5.92 Å². The molecule has 5 nitrogen and oxygen atoms in total. The van der Waals surface area contributed by atoms with Crippen LogP contribution in [0.3, 0.4) is 0 Å². The Morgan fingerprint density at radius 1 is 0.829 bits per heavy atom. The van der Waals surface area contributed by atoms with Crippen LogP contribution in [0.25, 0.3) is 5.57 Å². The largest absolute Gasteiger partial charge is 0.352 e. The standard InChI is InChI=1S/C34H24Cl2N2O3/c1-19-18-28-34(24-10-4-6-12-26(24)37-33(34)41)29(31(39)20-14-16-21(35)17-15-20)30(32(40)23-9-2-5-11-25(23)36)38(28)27-13-7-3-8-22(19)27/h2-18,28-30H,1H3,(H,37,41)/t28-,29-,30-,34-/m0/s1. The number of ketones is 2. The number of allylic oxidation sites excluding steroid dienone is 1. The van der Waals surface area contributed by atoms with Crippen molar-refractivity contribution in [2.45, 2.75) is 24.4 Å². The van der Waals surface area contributed by atoms with Crippen LogP contribution in [0.15, 0.2) is 103 Å². The summed E-state index contributed by atoms with van der Waals surface area (Å²) in [6.45, 7) is 2.00. The van der Waals surface area contributed by atoms with E-state index in [4.69, 9.17) is 23.2 Å². The quantitative estimate of drug-likeness (QED) is 0.259. The molecule has 41 heavy (non-hydrogen) atoms. The van der Waals surface area contributed by atoms with Crippen molar-refractivity contribution in [2.75, 3.05) is 10.2 Å². The highest BCUT2D eigenvalue weighted by Crippen LogP contribution is 2.59. The third kappa shape index (κ3) is 3.59. The Bertz CT molecular complexity index is 1800. The number of hydrogen-bond acceptors (Lipinski definition) is 4. The number of nitrogens with one attached hydrogen (secondary N) is 1. The van der Waals surface area contributed by atoms with Gasteiger partial charge in [0.25, 0.3) is 0 Å². The van der Waals surface area contributed by atoms with Crippen LogP contribution < -0.4 is 10.2 Å². The van der Waals surface area contributed by atoms with Crippen molar-refractivity contribution < 1.29 is 14.4 Å². The third-order valence-corrected chi connectivity index (χ3v) is 9.28. The van der Waals surface area contributed by atoms with Crippen molar-refractivity contribution >= 4 is 57.6 Å². The lowest BCUT2D eigenvalue weighted by molar-refractivity contribution is -0.121. The molecule has 202 valence electrons. The number of fused-ring (bicyclic) bond motifs is 6. The molecule has 0 aromatic heterocycles. The summed E-state index contributed by atoms with van der Waals surface area (Å²) in [5, 5.41) is 3.83. The van der Waals surface area contributed by atoms with E-state index in [9.17, 15) is 14.4 Å². The van der Waals surface area contributed by atoms with Gasteiger partial charge in [0.1, 0.15) is 11.5 Å². The van der Waals surface area contributed by atoms with Crippen LogP contribution in [0, 0.1) is 5.92 Å². The van der Waals surface area contributed by atoms with E-state index in [-0.39, 0.29) is 17.5 Å². The minimum absolute atomic E-state index is 0.293. The molecule has 7 heteroatoms. The van der Waals surface area contributed by atoms with Gasteiger partial charge in [0.15, 0.2) is 11.6 Å². The maximum Gasteiger partial charge on any atom is 0.238 e. The van der Waals surface area contributed by atoms with Crippen LogP contribution in [0.4, 0.5) is 11.4 Å². The molecule has 0 radical (unpaired) electrons. The molecular formula is C34H24Cl2N2O3. The number of nitrogens with zero attached hydrogens (tertiary/aromatic N) is 1. The molecule has 0 aliphatic carbocycles. The fourth-order valence-electron chi connectivity index (χ4n) is 7.00. The van der Waals surface area contributed by atoms with Gasteiger partial charge < -0.3 is 10.2 Å².